The van der Waals surface area contributed by atoms with Gasteiger partial charge in [0, 0.05) is 12.1 Å². The normalized spacial score (nSPS) is 24.5. The first-order chi connectivity index (χ1) is 8.28. The number of nitrogens with one attached hydrogen (secondary N) is 2. The van der Waals surface area contributed by atoms with Crippen molar-refractivity contribution < 1.29 is 4.79 Å². The fraction of sp³-hybridized carbons (Fsp3) is 0.615. The highest BCUT2D eigenvalue weighted by Crippen LogP contribution is 2.18. The number of hydrogen-bond donors (Lipinski definition) is 2. The summed E-state index contributed by atoms with van der Waals surface area (Å²) in [7, 11) is 2.01. The van der Waals surface area contributed by atoms with Crippen molar-refractivity contribution in [1.82, 2.24) is 10.6 Å². The molecule has 0 unspecified atom stereocenters. The molecule has 2 N–H and O–H groups in total. The van der Waals surface area contributed by atoms with Crippen LogP contribution < -0.4 is 10.6 Å². The van der Waals surface area contributed by atoms with Gasteiger partial charge in [0.2, 0.25) is 5.91 Å². The summed E-state index contributed by atoms with van der Waals surface area (Å²) in [6.07, 6.45) is 5.05. The van der Waals surface area contributed by atoms with Crippen molar-refractivity contribution in [3.63, 3.8) is 0 Å². The van der Waals surface area contributed by atoms with E-state index in [0.29, 0.717) is 18.5 Å². The lowest BCUT2D eigenvalue weighted by Crippen LogP contribution is -2.41. The Bertz CT molecular complexity index is 342. The summed E-state index contributed by atoms with van der Waals surface area (Å²) in [6, 6.07) is 3.04. The molecule has 2 rings (SSSR count). The number of hydrogen-bond acceptors (Lipinski definition) is 3. The van der Waals surface area contributed by atoms with E-state index in [2.05, 4.69) is 10.6 Å². The van der Waals surface area contributed by atoms with Crippen LogP contribution in [0.15, 0.2) is 16.8 Å². The fourth-order valence-corrected chi connectivity index (χ4v) is 3.05. The molecule has 1 aliphatic rings. The summed E-state index contributed by atoms with van der Waals surface area (Å²) in [5, 5.41) is 10.5. The van der Waals surface area contributed by atoms with Crippen molar-refractivity contribution in [2.75, 3.05) is 7.05 Å². The average Bonchev–Trinajstić information content (AvgIpc) is 2.82. The molecule has 3 nitrogen and oxygen atoms in total. The molecule has 4 heteroatoms. The lowest BCUT2D eigenvalue weighted by Gasteiger charge is -2.28. The van der Waals surface area contributed by atoms with E-state index in [0.717, 1.165) is 18.4 Å². The van der Waals surface area contributed by atoms with E-state index in [-0.39, 0.29) is 5.91 Å². The Morgan fingerprint density at radius 3 is 2.65 bits per heavy atom. The van der Waals surface area contributed by atoms with Crippen molar-refractivity contribution in [3.8, 4) is 0 Å². The summed E-state index contributed by atoms with van der Waals surface area (Å²) in [6.45, 7) is 0. The van der Waals surface area contributed by atoms with Crippen LogP contribution in [0.5, 0.6) is 0 Å². The molecule has 1 aliphatic carbocycles. The monoisotopic (exact) mass is 252 g/mol. The maximum atomic E-state index is 11.8. The molecular formula is C13H20N2OS. The van der Waals surface area contributed by atoms with Crippen LogP contribution in [0.1, 0.15) is 31.2 Å². The molecule has 17 heavy (non-hydrogen) atoms. The first-order valence-corrected chi connectivity index (χ1v) is 7.20. The van der Waals surface area contributed by atoms with E-state index in [1.54, 1.807) is 11.3 Å². The van der Waals surface area contributed by atoms with E-state index in [4.69, 9.17) is 0 Å². The molecule has 1 aromatic rings. The molecule has 1 amide bonds. The summed E-state index contributed by atoms with van der Waals surface area (Å²) in [5.41, 5.74) is 1.12. The maximum absolute atomic E-state index is 11.8. The molecule has 94 valence electrons. The Morgan fingerprint density at radius 2 is 2.06 bits per heavy atom. The second-order valence-electron chi connectivity index (χ2n) is 4.71. The molecule has 0 atom stereocenters. The number of carbonyl (C=O) groups is 1. The van der Waals surface area contributed by atoms with Crippen LogP contribution in [0.2, 0.25) is 0 Å². The maximum Gasteiger partial charge on any atom is 0.224 e. The molecule has 0 aromatic carbocycles. The van der Waals surface area contributed by atoms with Gasteiger partial charge in [-0.15, -0.1) is 0 Å². The molecule has 1 saturated carbocycles. The van der Waals surface area contributed by atoms with Gasteiger partial charge in [-0.3, -0.25) is 4.79 Å². The Kier molecular flexibility index (Phi) is 4.57. The van der Waals surface area contributed by atoms with Crippen molar-refractivity contribution in [1.29, 1.82) is 0 Å². The molecule has 0 spiro atoms. The van der Waals surface area contributed by atoms with Crippen LogP contribution in [0.25, 0.3) is 0 Å². The molecule has 1 heterocycles. The van der Waals surface area contributed by atoms with Crippen molar-refractivity contribution in [3.05, 3.63) is 22.4 Å². The molecule has 1 fully saturated rings. The third-order valence-electron chi connectivity index (χ3n) is 3.45. The molecule has 0 radical (unpaired) electrons. The fourth-order valence-electron chi connectivity index (χ4n) is 2.38. The van der Waals surface area contributed by atoms with E-state index in [9.17, 15) is 4.79 Å². The summed E-state index contributed by atoms with van der Waals surface area (Å²) in [4.78, 5) is 11.8. The van der Waals surface area contributed by atoms with E-state index in [1.807, 2.05) is 23.9 Å². The highest BCUT2D eigenvalue weighted by atomic mass is 32.1. The third-order valence-corrected chi connectivity index (χ3v) is 4.18. The van der Waals surface area contributed by atoms with Gasteiger partial charge in [-0.2, -0.15) is 11.3 Å². The van der Waals surface area contributed by atoms with Crippen LogP contribution in [-0.4, -0.2) is 25.0 Å². The SMILES string of the molecule is CNC1CCC(NC(=O)Cc2ccsc2)CC1. The quantitative estimate of drug-likeness (QED) is 0.860. The van der Waals surface area contributed by atoms with Crippen molar-refractivity contribution in [2.45, 2.75) is 44.2 Å². The Balaban J connectivity index is 1.72. The van der Waals surface area contributed by atoms with Crippen molar-refractivity contribution >= 4 is 17.2 Å². The van der Waals surface area contributed by atoms with Gasteiger partial charge < -0.3 is 10.6 Å². The second-order valence-corrected chi connectivity index (χ2v) is 5.49. The first-order valence-electron chi connectivity index (χ1n) is 6.25. The zero-order valence-electron chi connectivity index (χ0n) is 10.2. The highest BCUT2D eigenvalue weighted by Gasteiger charge is 2.21. The summed E-state index contributed by atoms with van der Waals surface area (Å²) >= 11 is 1.64. The van der Waals surface area contributed by atoms with Crippen LogP contribution >= 0.6 is 11.3 Å². The molecule has 0 bridgehead atoms. The van der Waals surface area contributed by atoms with Crippen LogP contribution in [-0.2, 0) is 11.2 Å². The van der Waals surface area contributed by atoms with Gasteiger partial charge in [0.15, 0.2) is 0 Å². The highest BCUT2D eigenvalue weighted by molar-refractivity contribution is 7.07. The molecule has 1 aromatic heterocycles. The number of thiophene rings is 1. The number of rotatable bonds is 4. The Morgan fingerprint density at radius 1 is 1.35 bits per heavy atom. The van der Waals surface area contributed by atoms with Gasteiger partial charge in [0.25, 0.3) is 0 Å². The van der Waals surface area contributed by atoms with Gasteiger partial charge in [0.1, 0.15) is 0 Å². The lowest BCUT2D eigenvalue weighted by atomic mass is 9.91. The number of amides is 1. The van der Waals surface area contributed by atoms with Gasteiger partial charge in [-0.1, -0.05) is 0 Å². The zero-order chi connectivity index (χ0) is 12.1. The van der Waals surface area contributed by atoms with Gasteiger partial charge in [-0.25, -0.2) is 0 Å². The van der Waals surface area contributed by atoms with E-state index >= 15 is 0 Å². The average molecular weight is 252 g/mol. The van der Waals surface area contributed by atoms with Gasteiger partial charge >= 0.3 is 0 Å². The van der Waals surface area contributed by atoms with E-state index < -0.39 is 0 Å². The number of carbonyl (C=O) groups excluding carboxylic acids is 1. The first kappa shape index (κ1) is 12.6. The Hall–Kier alpha value is -0.870. The predicted molar refractivity (Wildman–Crippen MR) is 71.3 cm³/mol. The molecule has 0 aliphatic heterocycles. The standard InChI is InChI=1S/C13H20N2OS/c1-14-11-2-4-12(5-3-11)15-13(16)8-10-6-7-17-9-10/h6-7,9,11-12,14H,2-5,8H2,1H3,(H,15,16). The van der Waals surface area contributed by atoms with Crippen molar-refractivity contribution in [2.24, 2.45) is 0 Å². The summed E-state index contributed by atoms with van der Waals surface area (Å²) in [5.74, 6) is 0.163. The molecular weight excluding hydrogens is 232 g/mol. The van der Waals surface area contributed by atoms with Crippen LogP contribution in [0, 0.1) is 0 Å². The Labute approximate surface area is 107 Å². The van der Waals surface area contributed by atoms with Gasteiger partial charge in [0.05, 0.1) is 6.42 Å². The molecule has 0 saturated heterocycles. The zero-order valence-corrected chi connectivity index (χ0v) is 11.1. The third kappa shape index (κ3) is 3.82. The topological polar surface area (TPSA) is 41.1 Å². The lowest BCUT2D eigenvalue weighted by molar-refractivity contribution is -0.121. The largest absolute Gasteiger partial charge is 0.353 e. The van der Waals surface area contributed by atoms with E-state index in [1.165, 1.54) is 12.8 Å². The second kappa shape index (κ2) is 6.17. The van der Waals surface area contributed by atoms with Crippen LogP contribution in [0.3, 0.4) is 0 Å². The minimum atomic E-state index is 0.163. The summed E-state index contributed by atoms with van der Waals surface area (Å²) < 4.78 is 0. The van der Waals surface area contributed by atoms with Gasteiger partial charge in [-0.05, 0) is 55.1 Å². The minimum absolute atomic E-state index is 0.163. The predicted octanol–water partition coefficient (Wildman–Crippen LogP) is 1.94. The minimum Gasteiger partial charge on any atom is -0.353 e. The smallest absolute Gasteiger partial charge is 0.224 e. The van der Waals surface area contributed by atoms with Crippen LogP contribution in [0.4, 0.5) is 0 Å².